The van der Waals surface area contributed by atoms with Crippen molar-refractivity contribution in [2.24, 2.45) is 7.05 Å². The molecular weight excluding hydrogens is 260 g/mol. The van der Waals surface area contributed by atoms with Crippen LogP contribution in [0.5, 0.6) is 5.75 Å². The molecule has 0 atom stereocenters. The molecule has 1 aromatic carbocycles. The van der Waals surface area contributed by atoms with E-state index in [1.807, 2.05) is 30.3 Å². The van der Waals surface area contributed by atoms with Crippen molar-refractivity contribution in [3.63, 3.8) is 0 Å². The van der Waals surface area contributed by atoms with E-state index in [1.165, 1.54) is 10.9 Å². The molecule has 2 rings (SSSR count). The fourth-order valence-electron chi connectivity index (χ4n) is 1.74. The van der Waals surface area contributed by atoms with Gasteiger partial charge in [-0.1, -0.05) is 30.3 Å². The predicted octanol–water partition coefficient (Wildman–Crippen LogP) is 1.71. The minimum Gasteiger partial charge on any atom is -0.487 e. The lowest BCUT2D eigenvalue weighted by molar-refractivity contribution is 0.0669. The number of carboxylic acid groups (broad SMARTS) is 1. The standard InChI is InChI=1S/C14H16N2O4/c1-16-13(14(17)18)12(9-15-16)20-8-7-19-10-11-5-3-2-4-6-11/h2-6,9H,7-8,10H2,1H3,(H,17,18). The third-order valence-corrected chi connectivity index (χ3v) is 2.70. The lowest BCUT2D eigenvalue weighted by Crippen LogP contribution is -2.11. The van der Waals surface area contributed by atoms with E-state index in [4.69, 9.17) is 14.6 Å². The quantitative estimate of drug-likeness (QED) is 0.779. The number of carboxylic acids is 1. The molecule has 0 amide bonds. The normalized spacial score (nSPS) is 10.4. The molecule has 0 saturated heterocycles. The summed E-state index contributed by atoms with van der Waals surface area (Å²) in [5.41, 5.74) is 1.12. The van der Waals surface area contributed by atoms with Crippen LogP contribution >= 0.6 is 0 Å². The number of nitrogens with zero attached hydrogens (tertiary/aromatic N) is 2. The van der Waals surface area contributed by atoms with Gasteiger partial charge in [-0.05, 0) is 5.56 Å². The summed E-state index contributed by atoms with van der Waals surface area (Å²) in [5.74, 6) is -0.812. The average molecular weight is 276 g/mol. The molecule has 0 aliphatic carbocycles. The topological polar surface area (TPSA) is 73.6 Å². The van der Waals surface area contributed by atoms with E-state index < -0.39 is 5.97 Å². The van der Waals surface area contributed by atoms with Gasteiger partial charge in [-0.25, -0.2) is 4.79 Å². The fourth-order valence-corrected chi connectivity index (χ4v) is 1.74. The van der Waals surface area contributed by atoms with Crippen LogP contribution < -0.4 is 4.74 Å². The summed E-state index contributed by atoms with van der Waals surface area (Å²) in [4.78, 5) is 11.0. The van der Waals surface area contributed by atoms with Gasteiger partial charge in [0.15, 0.2) is 11.4 Å². The molecule has 0 fully saturated rings. The van der Waals surface area contributed by atoms with Gasteiger partial charge in [-0.15, -0.1) is 0 Å². The summed E-state index contributed by atoms with van der Waals surface area (Å²) in [5, 5.41) is 12.9. The van der Waals surface area contributed by atoms with E-state index in [0.717, 1.165) is 5.56 Å². The molecule has 0 saturated carbocycles. The third kappa shape index (κ3) is 3.58. The van der Waals surface area contributed by atoms with Crippen LogP contribution in [-0.4, -0.2) is 34.1 Å². The highest BCUT2D eigenvalue weighted by Crippen LogP contribution is 2.16. The van der Waals surface area contributed by atoms with E-state index >= 15 is 0 Å². The van der Waals surface area contributed by atoms with Gasteiger partial charge in [0.1, 0.15) is 6.61 Å². The molecular formula is C14H16N2O4. The predicted molar refractivity (Wildman–Crippen MR) is 71.8 cm³/mol. The maximum absolute atomic E-state index is 11.0. The Kier molecular flexibility index (Phi) is 4.73. The molecule has 0 bridgehead atoms. The van der Waals surface area contributed by atoms with E-state index in [1.54, 1.807) is 7.05 Å². The Morgan fingerprint density at radius 3 is 2.75 bits per heavy atom. The molecule has 0 aliphatic rings. The van der Waals surface area contributed by atoms with Gasteiger partial charge in [0.05, 0.1) is 19.4 Å². The van der Waals surface area contributed by atoms with Crippen molar-refractivity contribution in [3.8, 4) is 5.75 Å². The minimum atomic E-state index is -1.06. The molecule has 1 aromatic heterocycles. The van der Waals surface area contributed by atoms with E-state index in [-0.39, 0.29) is 18.1 Å². The minimum absolute atomic E-state index is 0.0352. The summed E-state index contributed by atoms with van der Waals surface area (Å²) >= 11 is 0. The SMILES string of the molecule is Cn1ncc(OCCOCc2ccccc2)c1C(=O)O. The molecule has 6 nitrogen and oxygen atoms in total. The second kappa shape index (κ2) is 6.72. The van der Waals surface area contributed by atoms with Crippen molar-refractivity contribution in [2.75, 3.05) is 13.2 Å². The van der Waals surface area contributed by atoms with Gasteiger partial charge in [-0.3, -0.25) is 4.68 Å². The number of aromatic nitrogens is 2. The average Bonchev–Trinajstić information content (AvgIpc) is 2.81. The highest BCUT2D eigenvalue weighted by molar-refractivity contribution is 5.88. The molecule has 2 aromatic rings. The molecule has 0 unspecified atom stereocenters. The first-order chi connectivity index (χ1) is 9.68. The molecule has 0 aliphatic heterocycles. The van der Waals surface area contributed by atoms with Gasteiger partial charge in [0, 0.05) is 7.05 Å². The molecule has 0 spiro atoms. The number of ether oxygens (including phenoxy) is 2. The smallest absolute Gasteiger partial charge is 0.358 e. The van der Waals surface area contributed by atoms with E-state index in [9.17, 15) is 4.79 Å². The Morgan fingerprint density at radius 1 is 1.30 bits per heavy atom. The van der Waals surface area contributed by atoms with Crippen LogP contribution in [-0.2, 0) is 18.4 Å². The lowest BCUT2D eigenvalue weighted by atomic mass is 10.2. The maximum Gasteiger partial charge on any atom is 0.358 e. The summed E-state index contributed by atoms with van der Waals surface area (Å²) in [6.07, 6.45) is 1.39. The third-order valence-electron chi connectivity index (χ3n) is 2.70. The summed E-state index contributed by atoms with van der Waals surface area (Å²) in [6.45, 7) is 1.16. The molecule has 0 radical (unpaired) electrons. The number of hydrogen-bond donors (Lipinski definition) is 1. The van der Waals surface area contributed by atoms with Gasteiger partial charge < -0.3 is 14.6 Å². The van der Waals surface area contributed by atoms with Crippen molar-refractivity contribution < 1.29 is 19.4 Å². The zero-order valence-electron chi connectivity index (χ0n) is 11.2. The molecule has 1 N–H and O–H groups in total. The highest BCUT2D eigenvalue weighted by atomic mass is 16.5. The summed E-state index contributed by atoms with van der Waals surface area (Å²) in [7, 11) is 1.56. The zero-order chi connectivity index (χ0) is 14.4. The number of aryl methyl sites for hydroxylation is 1. The van der Waals surface area contributed by atoms with Crippen LogP contribution in [0.25, 0.3) is 0 Å². The number of hydrogen-bond acceptors (Lipinski definition) is 4. The number of rotatable bonds is 7. The van der Waals surface area contributed by atoms with Crippen LogP contribution in [0, 0.1) is 0 Å². The molecule has 20 heavy (non-hydrogen) atoms. The Balaban J connectivity index is 1.75. The second-order valence-corrected chi connectivity index (χ2v) is 4.17. The second-order valence-electron chi connectivity index (χ2n) is 4.17. The first kappa shape index (κ1) is 14.1. The van der Waals surface area contributed by atoms with Crippen molar-refractivity contribution in [1.29, 1.82) is 0 Å². The number of aromatic carboxylic acids is 1. The van der Waals surface area contributed by atoms with Gasteiger partial charge >= 0.3 is 5.97 Å². The largest absolute Gasteiger partial charge is 0.487 e. The van der Waals surface area contributed by atoms with Crippen LogP contribution in [0.2, 0.25) is 0 Å². The molecule has 6 heteroatoms. The Hall–Kier alpha value is -2.34. The number of benzene rings is 1. The highest BCUT2D eigenvalue weighted by Gasteiger charge is 2.16. The Morgan fingerprint density at radius 2 is 2.05 bits per heavy atom. The first-order valence-corrected chi connectivity index (χ1v) is 6.18. The van der Waals surface area contributed by atoms with Crippen molar-refractivity contribution >= 4 is 5.97 Å². The zero-order valence-corrected chi connectivity index (χ0v) is 11.2. The first-order valence-electron chi connectivity index (χ1n) is 6.18. The van der Waals surface area contributed by atoms with Gasteiger partial charge in [-0.2, -0.15) is 5.10 Å². The summed E-state index contributed by atoms with van der Waals surface area (Å²) in [6, 6.07) is 9.80. The maximum atomic E-state index is 11.0. The van der Waals surface area contributed by atoms with Crippen LogP contribution in [0.1, 0.15) is 16.1 Å². The van der Waals surface area contributed by atoms with Crippen molar-refractivity contribution in [2.45, 2.75) is 6.61 Å². The van der Waals surface area contributed by atoms with Crippen LogP contribution in [0.15, 0.2) is 36.5 Å². The van der Waals surface area contributed by atoms with Gasteiger partial charge in [0.2, 0.25) is 0 Å². The van der Waals surface area contributed by atoms with Crippen LogP contribution in [0.3, 0.4) is 0 Å². The molecule has 1 heterocycles. The fraction of sp³-hybridized carbons (Fsp3) is 0.286. The summed E-state index contributed by atoms with van der Waals surface area (Å²) < 4.78 is 12.1. The van der Waals surface area contributed by atoms with Gasteiger partial charge in [0.25, 0.3) is 0 Å². The number of carbonyl (C=O) groups is 1. The monoisotopic (exact) mass is 276 g/mol. The Labute approximate surface area is 116 Å². The Bertz CT molecular complexity index is 566. The van der Waals surface area contributed by atoms with Crippen LogP contribution in [0.4, 0.5) is 0 Å². The lowest BCUT2D eigenvalue weighted by Gasteiger charge is -2.06. The van der Waals surface area contributed by atoms with E-state index in [2.05, 4.69) is 5.10 Å². The molecule has 106 valence electrons. The van der Waals surface area contributed by atoms with Crippen molar-refractivity contribution in [3.05, 3.63) is 47.8 Å². The van der Waals surface area contributed by atoms with Crippen molar-refractivity contribution in [1.82, 2.24) is 9.78 Å². The van der Waals surface area contributed by atoms with E-state index in [0.29, 0.717) is 13.2 Å².